The summed E-state index contributed by atoms with van der Waals surface area (Å²) in [6.07, 6.45) is 2.07. The van der Waals surface area contributed by atoms with Gasteiger partial charge in [-0.05, 0) is 23.3 Å². The first-order valence-electron chi connectivity index (χ1n) is 7.05. The molecule has 3 aromatic rings. The van der Waals surface area contributed by atoms with E-state index in [0.717, 1.165) is 5.56 Å². The molecule has 120 valence electrons. The molecule has 0 atom stereocenters. The van der Waals surface area contributed by atoms with E-state index in [-0.39, 0.29) is 16.6 Å². The zero-order valence-electron chi connectivity index (χ0n) is 12.7. The minimum absolute atomic E-state index is 0.119. The number of rotatable bonds is 4. The summed E-state index contributed by atoms with van der Waals surface area (Å²) >= 11 is 5.75. The van der Waals surface area contributed by atoms with Crippen molar-refractivity contribution in [2.45, 2.75) is 0 Å². The molecule has 2 heterocycles. The molecule has 0 radical (unpaired) electrons. The van der Waals surface area contributed by atoms with Gasteiger partial charge in [0.1, 0.15) is 0 Å². The summed E-state index contributed by atoms with van der Waals surface area (Å²) in [5, 5.41) is -0.242. The van der Waals surface area contributed by atoms with Gasteiger partial charge in [-0.2, -0.15) is 0 Å². The molecule has 4 nitrogen and oxygen atoms in total. The molecule has 6 heteroatoms. The van der Waals surface area contributed by atoms with E-state index < -0.39 is 5.82 Å². The van der Waals surface area contributed by atoms with E-state index in [4.69, 9.17) is 16.3 Å². The van der Waals surface area contributed by atoms with Gasteiger partial charge in [-0.1, -0.05) is 41.9 Å². The number of nitrogens with zero attached hydrogens (tertiary/aromatic N) is 2. The number of benzene rings is 1. The van der Waals surface area contributed by atoms with E-state index >= 15 is 0 Å². The molecule has 0 amide bonds. The van der Waals surface area contributed by atoms with Crippen LogP contribution in [0.4, 0.5) is 4.39 Å². The molecule has 24 heavy (non-hydrogen) atoms. The Bertz CT molecular complexity index is 901. The second kappa shape index (κ2) is 6.76. The molecule has 2 aromatic heterocycles. The Hall–Kier alpha value is -2.79. The molecule has 0 unspecified atom stereocenters. The van der Waals surface area contributed by atoms with Gasteiger partial charge < -0.3 is 4.74 Å². The predicted octanol–water partition coefficient (Wildman–Crippen LogP) is 4.42. The summed E-state index contributed by atoms with van der Waals surface area (Å²) < 4.78 is 19.5. The second-order valence-electron chi connectivity index (χ2n) is 4.93. The number of methoxy groups -OCH3 is 1. The Labute approximate surface area is 142 Å². The van der Waals surface area contributed by atoms with Crippen LogP contribution < -0.4 is 4.74 Å². The van der Waals surface area contributed by atoms with Crippen LogP contribution in [0.2, 0.25) is 5.15 Å². The number of ether oxygens (including phenoxy) is 1. The lowest BCUT2D eigenvalue weighted by Crippen LogP contribution is -2.00. The van der Waals surface area contributed by atoms with Gasteiger partial charge in [0.2, 0.25) is 5.88 Å². The van der Waals surface area contributed by atoms with Crippen LogP contribution in [0.1, 0.15) is 10.4 Å². The molecule has 0 aliphatic rings. The van der Waals surface area contributed by atoms with Crippen molar-refractivity contribution in [3.63, 3.8) is 0 Å². The number of pyridine rings is 2. The lowest BCUT2D eigenvalue weighted by molar-refractivity contribution is 0.112. The van der Waals surface area contributed by atoms with Gasteiger partial charge in [0.15, 0.2) is 17.3 Å². The van der Waals surface area contributed by atoms with Crippen LogP contribution in [0.15, 0.2) is 48.7 Å². The molecule has 0 aliphatic carbocycles. The molecular weight excluding hydrogens is 331 g/mol. The van der Waals surface area contributed by atoms with E-state index in [1.165, 1.54) is 19.4 Å². The number of hydrogen-bond acceptors (Lipinski definition) is 4. The third kappa shape index (κ3) is 2.86. The number of carbonyl (C=O) groups is 1. The highest BCUT2D eigenvalue weighted by molar-refractivity contribution is 6.29. The van der Waals surface area contributed by atoms with E-state index in [1.807, 2.05) is 30.3 Å². The standard InChI is InChI=1S/C18H12ClFN2O2/c1-24-18-14(10-23)13(11-5-3-2-4-6-11)9-15(22-18)12-7-8-21-17(19)16(12)20/h2-10H,1H3. The maximum Gasteiger partial charge on any atom is 0.225 e. The summed E-state index contributed by atoms with van der Waals surface area (Å²) in [6, 6.07) is 12.4. The fraction of sp³-hybridized carbons (Fsp3) is 0.0556. The van der Waals surface area contributed by atoms with E-state index in [1.54, 1.807) is 6.07 Å². The minimum atomic E-state index is -0.674. The van der Waals surface area contributed by atoms with Crippen molar-refractivity contribution in [1.29, 1.82) is 0 Å². The molecule has 1 aromatic carbocycles. The molecule has 0 saturated heterocycles. The van der Waals surface area contributed by atoms with Gasteiger partial charge in [-0.25, -0.2) is 14.4 Å². The van der Waals surface area contributed by atoms with Crippen LogP contribution in [-0.2, 0) is 0 Å². The van der Waals surface area contributed by atoms with Crippen molar-refractivity contribution < 1.29 is 13.9 Å². The van der Waals surface area contributed by atoms with Gasteiger partial charge in [-0.15, -0.1) is 0 Å². The third-order valence-corrected chi connectivity index (χ3v) is 3.81. The predicted molar refractivity (Wildman–Crippen MR) is 89.8 cm³/mol. The highest BCUT2D eigenvalue weighted by atomic mass is 35.5. The van der Waals surface area contributed by atoms with Gasteiger partial charge in [0.25, 0.3) is 0 Å². The van der Waals surface area contributed by atoms with Crippen molar-refractivity contribution >= 4 is 17.9 Å². The maximum absolute atomic E-state index is 14.3. The van der Waals surface area contributed by atoms with Crippen molar-refractivity contribution in [3.8, 4) is 28.3 Å². The smallest absolute Gasteiger partial charge is 0.225 e. The van der Waals surface area contributed by atoms with E-state index in [0.29, 0.717) is 23.1 Å². The fourth-order valence-corrected chi connectivity index (χ4v) is 2.57. The number of halogens is 2. The highest BCUT2D eigenvalue weighted by Crippen LogP contribution is 2.34. The van der Waals surface area contributed by atoms with Crippen molar-refractivity contribution in [3.05, 3.63) is 65.2 Å². The molecule has 0 saturated carbocycles. The van der Waals surface area contributed by atoms with Crippen molar-refractivity contribution in [2.24, 2.45) is 0 Å². The zero-order valence-corrected chi connectivity index (χ0v) is 13.4. The number of aldehydes is 1. The van der Waals surface area contributed by atoms with E-state index in [9.17, 15) is 9.18 Å². The Morgan fingerprint density at radius 1 is 1.17 bits per heavy atom. The summed E-state index contributed by atoms with van der Waals surface area (Å²) in [5.74, 6) is -0.555. The lowest BCUT2D eigenvalue weighted by atomic mass is 9.99. The van der Waals surface area contributed by atoms with Crippen LogP contribution >= 0.6 is 11.6 Å². The average molecular weight is 343 g/mol. The quantitative estimate of drug-likeness (QED) is 0.520. The molecule has 0 spiro atoms. The summed E-state index contributed by atoms with van der Waals surface area (Å²) in [6.45, 7) is 0. The average Bonchev–Trinajstić information content (AvgIpc) is 2.63. The van der Waals surface area contributed by atoms with Gasteiger partial charge in [0, 0.05) is 11.8 Å². The van der Waals surface area contributed by atoms with Gasteiger partial charge in [0.05, 0.1) is 18.4 Å². The number of carbonyl (C=O) groups excluding carboxylic acids is 1. The highest BCUT2D eigenvalue weighted by Gasteiger charge is 2.18. The molecule has 0 bridgehead atoms. The largest absolute Gasteiger partial charge is 0.480 e. The topological polar surface area (TPSA) is 52.1 Å². The Morgan fingerprint density at radius 2 is 1.92 bits per heavy atom. The third-order valence-electron chi connectivity index (χ3n) is 3.54. The normalized spacial score (nSPS) is 10.5. The minimum Gasteiger partial charge on any atom is -0.480 e. The fourth-order valence-electron chi connectivity index (χ4n) is 2.41. The van der Waals surface area contributed by atoms with Crippen LogP contribution in [0, 0.1) is 5.82 Å². The maximum atomic E-state index is 14.3. The second-order valence-corrected chi connectivity index (χ2v) is 5.28. The summed E-state index contributed by atoms with van der Waals surface area (Å²) in [5.41, 5.74) is 2.18. The summed E-state index contributed by atoms with van der Waals surface area (Å²) in [4.78, 5) is 19.5. The molecule has 0 fully saturated rings. The van der Waals surface area contributed by atoms with Crippen LogP contribution in [0.5, 0.6) is 5.88 Å². The summed E-state index contributed by atoms with van der Waals surface area (Å²) in [7, 11) is 1.41. The monoisotopic (exact) mass is 342 g/mol. The molecule has 0 aliphatic heterocycles. The Balaban J connectivity index is 2.30. The lowest BCUT2D eigenvalue weighted by Gasteiger charge is -2.13. The van der Waals surface area contributed by atoms with Crippen LogP contribution in [-0.4, -0.2) is 23.4 Å². The number of hydrogen-bond donors (Lipinski definition) is 0. The first-order chi connectivity index (χ1) is 11.7. The van der Waals surface area contributed by atoms with Crippen molar-refractivity contribution in [1.82, 2.24) is 9.97 Å². The first-order valence-corrected chi connectivity index (χ1v) is 7.43. The van der Waals surface area contributed by atoms with Gasteiger partial charge in [-0.3, -0.25) is 4.79 Å². The molecular formula is C18H12ClFN2O2. The first kappa shape index (κ1) is 16.1. The van der Waals surface area contributed by atoms with Crippen molar-refractivity contribution in [2.75, 3.05) is 7.11 Å². The molecule has 3 rings (SSSR count). The molecule has 0 N–H and O–H groups in total. The van der Waals surface area contributed by atoms with E-state index in [2.05, 4.69) is 9.97 Å². The van der Waals surface area contributed by atoms with Gasteiger partial charge >= 0.3 is 0 Å². The SMILES string of the molecule is COc1nc(-c2ccnc(Cl)c2F)cc(-c2ccccc2)c1C=O. The number of aromatic nitrogens is 2. The Morgan fingerprint density at radius 3 is 2.58 bits per heavy atom. The Kier molecular flexibility index (Phi) is 4.53. The van der Waals surface area contributed by atoms with Crippen LogP contribution in [0.3, 0.4) is 0 Å². The zero-order chi connectivity index (χ0) is 17.1. The van der Waals surface area contributed by atoms with Crippen LogP contribution in [0.25, 0.3) is 22.4 Å².